The molecule has 6 heteroatoms. The van der Waals surface area contributed by atoms with Gasteiger partial charge >= 0.3 is 26.2 Å². The fourth-order valence-corrected chi connectivity index (χ4v) is 12.3. The van der Waals surface area contributed by atoms with Gasteiger partial charge in [0.05, 0.1) is 8.07 Å². The van der Waals surface area contributed by atoms with E-state index in [1.165, 1.54) is 66.6 Å². The minimum Gasteiger partial charge on any atom is -1.00 e. The second kappa shape index (κ2) is 10.2. The van der Waals surface area contributed by atoms with Crippen LogP contribution in [0, 0.1) is 12.1 Å². The summed E-state index contributed by atoms with van der Waals surface area (Å²) in [6.45, 7) is 5.26. The van der Waals surface area contributed by atoms with Gasteiger partial charge in [-0.25, -0.2) is 0 Å². The maximum absolute atomic E-state index is 3.66. The first-order valence-corrected chi connectivity index (χ1v) is 16.3. The molecule has 196 valence electrons. The van der Waals surface area contributed by atoms with Gasteiger partial charge in [0.2, 0.25) is 0 Å². The average Bonchev–Trinajstić information content (AvgIpc) is 3.62. The third-order valence-corrected chi connectivity index (χ3v) is 13.4. The molecule has 4 aromatic carbocycles. The summed E-state index contributed by atoms with van der Waals surface area (Å²) in [5.74, 6) is 0. The van der Waals surface area contributed by atoms with Crippen molar-refractivity contribution in [1.82, 2.24) is 9.13 Å². The Bertz CT molecular complexity index is 1780. The number of nitrogens with zero attached hydrogens (tertiary/aromatic N) is 2. The molecule has 0 N–H and O–H groups in total. The molecular formula is C34H28Cl2N2SiZr. The van der Waals surface area contributed by atoms with E-state index in [0.717, 1.165) is 0 Å². The Hall–Kier alpha value is -2.36. The van der Waals surface area contributed by atoms with Gasteiger partial charge in [-0.05, 0) is 44.4 Å². The normalized spacial score (nSPS) is 16.4. The third-order valence-electron chi connectivity index (χ3n) is 9.23. The van der Waals surface area contributed by atoms with Crippen LogP contribution in [-0.4, -0.2) is 17.2 Å². The zero-order valence-electron chi connectivity index (χ0n) is 22.9. The maximum Gasteiger partial charge on any atom is 4.00 e. The van der Waals surface area contributed by atoms with Crippen LogP contribution in [0.3, 0.4) is 0 Å². The van der Waals surface area contributed by atoms with Crippen molar-refractivity contribution in [3.05, 3.63) is 119 Å². The number of halogens is 2. The molecule has 2 aliphatic rings. The van der Waals surface area contributed by atoms with Crippen LogP contribution in [0.2, 0.25) is 13.1 Å². The SMILES string of the molecule is Cn1c2c(c3[c-]cccc31)C([Si](C)(C)C1c3ccccc3-c3c1c1[c-]cccc1n3C)c1ccccc1-2.[Cl-].[Cl-].[Zr+4]. The van der Waals surface area contributed by atoms with Crippen LogP contribution in [-0.2, 0) is 40.3 Å². The topological polar surface area (TPSA) is 9.86 Å². The molecule has 0 fully saturated rings. The first-order chi connectivity index (χ1) is 18.0. The van der Waals surface area contributed by atoms with E-state index in [4.69, 9.17) is 0 Å². The molecule has 2 unspecified atom stereocenters. The van der Waals surface area contributed by atoms with Crippen molar-refractivity contribution in [2.45, 2.75) is 24.2 Å². The first-order valence-electron chi connectivity index (χ1n) is 13.2. The molecule has 2 atom stereocenters. The summed E-state index contributed by atoms with van der Waals surface area (Å²) in [4.78, 5) is 0. The Morgan fingerprint density at radius 3 is 1.43 bits per heavy atom. The Morgan fingerprint density at radius 1 is 0.600 bits per heavy atom. The van der Waals surface area contributed by atoms with Crippen molar-refractivity contribution in [2.75, 3.05) is 0 Å². The van der Waals surface area contributed by atoms with E-state index in [1.54, 1.807) is 0 Å². The van der Waals surface area contributed by atoms with Gasteiger partial charge in [-0.2, -0.15) is 0 Å². The van der Waals surface area contributed by atoms with Crippen LogP contribution in [0.4, 0.5) is 0 Å². The van der Waals surface area contributed by atoms with E-state index < -0.39 is 8.07 Å². The molecule has 0 amide bonds. The predicted octanol–water partition coefficient (Wildman–Crippen LogP) is 1.99. The number of aryl methyl sites for hydroxylation is 2. The Balaban J connectivity index is 0.00000108. The summed E-state index contributed by atoms with van der Waals surface area (Å²) >= 11 is 0. The van der Waals surface area contributed by atoms with Gasteiger partial charge in [0, 0.05) is 25.5 Å². The largest absolute Gasteiger partial charge is 4.00 e. The minimum absolute atomic E-state index is 0. The monoisotopic (exact) mass is 652 g/mol. The van der Waals surface area contributed by atoms with Crippen molar-refractivity contribution >= 4 is 29.9 Å². The summed E-state index contributed by atoms with van der Waals surface area (Å²) in [5.41, 5.74) is 14.8. The van der Waals surface area contributed by atoms with E-state index in [2.05, 4.69) is 133 Å². The number of hydrogen-bond acceptors (Lipinski definition) is 0. The summed E-state index contributed by atoms with van der Waals surface area (Å²) in [7, 11) is 2.34. The van der Waals surface area contributed by atoms with E-state index in [-0.39, 0.29) is 51.0 Å². The van der Waals surface area contributed by atoms with Gasteiger partial charge in [0.25, 0.3) is 0 Å². The molecule has 2 nitrogen and oxygen atoms in total. The van der Waals surface area contributed by atoms with Crippen LogP contribution in [0.1, 0.15) is 33.3 Å². The predicted molar refractivity (Wildman–Crippen MR) is 156 cm³/mol. The fourth-order valence-electron chi connectivity index (χ4n) is 7.85. The Kier molecular flexibility index (Phi) is 7.41. The molecule has 0 saturated carbocycles. The van der Waals surface area contributed by atoms with Gasteiger partial charge < -0.3 is 33.9 Å². The Morgan fingerprint density at radius 2 is 1.00 bits per heavy atom. The van der Waals surface area contributed by atoms with Crippen molar-refractivity contribution in [1.29, 1.82) is 0 Å². The van der Waals surface area contributed by atoms with E-state index in [0.29, 0.717) is 11.1 Å². The molecule has 0 aliphatic heterocycles. The standard InChI is InChI=1S/C34H28N2Si.2ClH.Zr/c1-35-27-19-11-9-17-25(27)29-31(35)21-13-5-7-15-23(21)33(29)37(3,4)34-24-16-8-6-14-22(24)32-30(34)26-18-10-12-20-28(26)36(32)2;;;/h5-16,19-20,33-34H,1-4H3;2*1H;/q-2;;;+4/p-2. The number of aromatic nitrogens is 2. The number of rotatable bonds is 2. The summed E-state index contributed by atoms with van der Waals surface area (Å²) in [6, 6.07) is 38.5. The van der Waals surface area contributed by atoms with Crippen molar-refractivity contribution < 1.29 is 51.0 Å². The molecule has 8 rings (SSSR count). The molecule has 0 spiro atoms. The van der Waals surface area contributed by atoms with E-state index in [1.807, 2.05) is 0 Å². The average molecular weight is 655 g/mol. The second-order valence-electron chi connectivity index (χ2n) is 11.4. The molecule has 0 saturated heterocycles. The second-order valence-corrected chi connectivity index (χ2v) is 16.2. The third kappa shape index (κ3) is 3.56. The fraction of sp³-hybridized carbons (Fsp3) is 0.176. The van der Waals surface area contributed by atoms with Gasteiger partial charge in [0.15, 0.2) is 0 Å². The van der Waals surface area contributed by atoms with Crippen LogP contribution in [0.25, 0.3) is 44.3 Å². The van der Waals surface area contributed by atoms with Crippen LogP contribution >= 0.6 is 0 Å². The van der Waals surface area contributed by atoms with Crippen LogP contribution in [0.15, 0.2) is 84.9 Å². The van der Waals surface area contributed by atoms with Crippen molar-refractivity contribution in [3.8, 4) is 22.5 Å². The zero-order chi connectivity index (χ0) is 25.1. The smallest absolute Gasteiger partial charge is 1.00 e. The minimum atomic E-state index is -2.12. The molecular weight excluding hydrogens is 627 g/mol. The van der Waals surface area contributed by atoms with Crippen molar-refractivity contribution in [3.63, 3.8) is 0 Å². The number of fused-ring (bicyclic) bond motifs is 10. The van der Waals surface area contributed by atoms with E-state index in [9.17, 15) is 0 Å². The molecule has 0 radical (unpaired) electrons. The maximum atomic E-state index is 3.66. The molecule has 0 bridgehead atoms. The number of hydrogen-bond donors (Lipinski definition) is 0. The molecule has 40 heavy (non-hydrogen) atoms. The quantitative estimate of drug-likeness (QED) is 0.200. The molecule has 2 heterocycles. The zero-order valence-corrected chi connectivity index (χ0v) is 27.9. The van der Waals surface area contributed by atoms with Gasteiger partial charge in [-0.1, -0.05) is 72.8 Å². The summed E-state index contributed by atoms with van der Waals surface area (Å²) in [6.07, 6.45) is 0. The van der Waals surface area contributed by atoms with Gasteiger partial charge in [-0.3, -0.25) is 0 Å². The van der Waals surface area contributed by atoms with Gasteiger partial charge in [-0.15, -0.1) is 59.3 Å². The molecule has 6 aromatic rings. The first kappa shape index (κ1) is 29.1. The van der Waals surface area contributed by atoms with Crippen LogP contribution in [0.5, 0.6) is 0 Å². The summed E-state index contributed by atoms with van der Waals surface area (Å²) in [5, 5.41) is 2.58. The molecule has 2 aromatic heterocycles. The Labute approximate surface area is 268 Å². The summed E-state index contributed by atoms with van der Waals surface area (Å²) < 4.78 is 4.81. The van der Waals surface area contributed by atoms with Gasteiger partial charge in [0.1, 0.15) is 0 Å². The van der Waals surface area contributed by atoms with Crippen molar-refractivity contribution in [2.24, 2.45) is 14.1 Å². The van der Waals surface area contributed by atoms with E-state index >= 15 is 0 Å². The number of benzene rings is 4. The molecule has 2 aliphatic carbocycles. The van der Waals surface area contributed by atoms with Crippen LogP contribution < -0.4 is 24.8 Å².